The van der Waals surface area contributed by atoms with E-state index in [-0.39, 0.29) is 16.7 Å². The molecular formula is C13H13ClN2O3S2. The Morgan fingerprint density at radius 1 is 1.33 bits per heavy atom. The fourth-order valence-electron chi connectivity index (χ4n) is 1.67. The Morgan fingerprint density at radius 2 is 2.05 bits per heavy atom. The fraction of sp³-hybridized carbons (Fsp3) is 0.154. The molecule has 2 rings (SSSR count). The van der Waals surface area contributed by atoms with Crippen LogP contribution in [0.2, 0.25) is 5.02 Å². The van der Waals surface area contributed by atoms with Gasteiger partial charge < -0.3 is 5.32 Å². The standard InChI is InChI=1S/C13H13ClN2O3S2/c1-8-2-4-10(11(14)6-8)13(17)16-7-9-3-5-12(20-9)21(15,18)19/h2-6H,7H2,1H3,(H,16,17)(H2,15,18,19). The number of aryl methyl sites for hydroxylation is 1. The Bertz CT molecular complexity index is 784. The normalized spacial score (nSPS) is 11.4. The molecule has 0 aliphatic rings. The van der Waals surface area contributed by atoms with Crippen LogP contribution in [0.1, 0.15) is 20.8 Å². The van der Waals surface area contributed by atoms with Crippen molar-refractivity contribution in [2.45, 2.75) is 17.7 Å². The molecule has 0 aliphatic heterocycles. The molecule has 2 aromatic rings. The summed E-state index contributed by atoms with van der Waals surface area (Å²) in [5.74, 6) is -0.314. The number of rotatable bonds is 4. The van der Waals surface area contributed by atoms with Gasteiger partial charge in [-0.25, -0.2) is 13.6 Å². The lowest BCUT2D eigenvalue weighted by molar-refractivity contribution is 0.0951. The molecule has 8 heteroatoms. The molecule has 0 saturated heterocycles. The summed E-state index contributed by atoms with van der Waals surface area (Å²) in [7, 11) is -3.70. The van der Waals surface area contributed by atoms with Gasteiger partial charge in [0.2, 0.25) is 10.0 Å². The zero-order chi connectivity index (χ0) is 15.6. The molecule has 0 radical (unpaired) electrons. The summed E-state index contributed by atoms with van der Waals surface area (Å²) >= 11 is 7.04. The minimum atomic E-state index is -3.70. The van der Waals surface area contributed by atoms with Gasteiger partial charge in [-0.1, -0.05) is 17.7 Å². The van der Waals surface area contributed by atoms with Crippen molar-refractivity contribution in [3.05, 3.63) is 51.4 Å². The Labute approximate surface area is 131 Å². The van der Waals surface area contributed by atoms with Crippen LogP contribution < -0.4 is 10.5 Å². The highest BCUT2D eigenvalue weighted by molar-refractivity contribution is 7.91. The van der Waals surface area contributed by atoms with Crippen molar-refractivity contribution < 1.29 is 13.2 Å². The van der Waals surface area contributed by atoms with Gasteiger partial charge >= 0.3 is 0 Å². The van der Waals surface area contributed by atoms with E-state index < -0.39 is 10.0 Å². The maximum absolute atomic E-state index is 12.0. The Hall–Kier alpha value is -1.41. The van der Waals surface area contributed by atoms with E-state index in [1.54, 1.807) is 24.3 Å². The maximum Gasteiger partial charge on any atom is 0.253 e. The third-order valence-electron chi connectivity index (χ3n) is 2.71. The summed E-state index contributed by atoms with van der Waals surface area (Å²) < 4.78 is 22.4. The van der Waals surface area contributed by atoms with Crippen LogP contribution in [0.25, 0.3) is 0 Å². The minimum absolute atomic E-state index is 0.0696. The molecule has 3 N–H and O–H groups in total. The van der Waals surface area contributed by atoms with Crippen LogP contribution in [-0.2, 0) is 16.6 Å². The van der Waals surface area contributed by atoms with E-state index in [4.69, 9.17) is 16.7 Å². The van der Waals surface area contributed by atoms with Crippen LogP contribution in [-0.4, -0.2) is 14.3 Å². The molecule has 21 heavy (non-hydrogen) atoms. The molecule has 0 bridgehead atoms. The van der Waals surface area contributed by atoms with E-state index in [9.17, 15) is 13.2 Å². The summed E-state index contributed by atoms with van der Waals surface area (Å²) in [5, 5.41) is 8.10. The number of nitrogens with two attached hydrogens (primary N) is 1. The van der Waals surface area contributed by atoms with Gasteiger partial charge in [-0.05, 0) is 36.8 Å². The summed E-state index contributed by atoms with van der Waals surface area (Å²) in [6, 6.07) is 8.19. The largest absolute Gasteiger partial charge is 0.347 e. The highest BCUT2D eigenvalue weighted by Crippen LogP contribution is 2.21. The predicted molar refractivity (Wildman–Crippen MR) is 83.1 cm³/mol. The molecule has 0 atom stereocenters. The molecule has 0 saturated carbocycles. The predicted octanol–water partition coefficient (Wildman–Crippen LogP) is 2.29. The molecule has 5 nitrogen and oxygen atoms in total. The second-order valence-corrected chi connectivity index (χ2v) is 7.80. The third kappa shape index (κ3) is 4.04. The summed E-state index contributed by atoms with van der Waals surface area (Å²) in [6.07, 6.45) is 0. The molecule has 0 fully saturated rings. The molecular weight excluding hydrogens is 332 g/mol. The Kier molecular flexibility index (Phi) is 4.67. The number of sulfonamides is 1. The first kappa shape index (κ1) is 16.0. The maximum atomic E-state index is 12.0. The summed E-state index contributed by atoms with van der Waals surface area (Å²) in [6.45, 7) is 2.09. The Morgan fingerprint density at radius 3 is 2.62 bits per heavy atom. The minimum Gasteiger partial charge on any atom is -0.347 e. The van der Waals surface area contributed by atoms with E-state index in [0.717, 1.165) is 16.9 Å². The van der Waals surface area contributed by atoms with E-state index in [2.05, 4.69) is 5.32 Å². The van der Waals surface area contributed by atoms with Crippen LogP contribution in [0.15, 0.2) is 34.5 Å². The molecule has 0 spiro atoms. The molecule has 0 unspecified atom stereocenters. The van der Waals surface area contributed by atoms with E-state index in [1.807, 2.05) is 6.92 Å². The van der Waals surface area contributed by atoms with E-state index in [1.165, 1.54) is 6.07 Å². The van der Waals surface area contributed by atoms with Gasteiger partial charge in [0.25, 0.3) is 5.91 Å². The van der Waals surface area contributed by atoms with Crippen molar-refractivity contribution in [3.63, 3.8) is 0 Å². The van der Waals surface area contributed by atoms with Crippen molar-refractivity contribution in [1.82, 2.24) is 5.32 Å². The number of hydrogen-bond acceptors (Lipinski definition) is 4. The highest BCUT2D eigenvalue weighted by Gasteiger charge is 2.13. The van der Waals surface area contributed by atoms with Crippen molar-refractivity contribution in [2.75, 3.05) is 0 Å². The third-order valence-corrected chi connectivity index (χ3v) is 5.55. The van der Waals surface area contributed by atoms with Crippen LogP contribution in [0, 0.1) is 6.92 Å². The number of carbonyl (C=O) groups excluding carboxylic acids is 1. The van der Waals surface area contributed by atoms with Crippen molar-refractivity contribution in [1.29, 1.82) is 0 Å². The van der Waals surface area contributed by atoms with Gasteiger partial charge in [0.05, 0.1) is 17.1 Å². The molecule has 1 heterocycles. The first-order valence-corrected chi connectivity index (χ1v) is 8.67. The van der Waals surface area contributed by atoms with Crippen LogP contribution in [0.3, 0.4) is 0 Å². The number of nitrogens with one attached hydrogen (secondary N) is 1. The fourth-order valence-corrected chi connectivity index (χ4v) is 3.71. The number of primary sulfonamides is 1. The number of thiophene rings is 1. The van der Waals surface area contributed by atoms with Crippen LogP contribution in [0.5, 0.6) is 0 Å². The van der Waals surface area contributed by atoms with E-state index in [0.29, 0.717) is 15.5 Å². The zero-order valence-corrected chi connectivity index (χ0v) is 13.5. The second-order valence-electron chi connectivity index (χ2n) is 4.43. The van der Waals surface area contributed by atoms with Crippen LogP contribution in [0.4, 0.5) is 0 Å². The average Bonchev–Trinajstić information content (AvgIpc) is 2.84. The van der Waals surface area contributed by atoms with Gasteiger partial charge in [-0.3, -0.25) is 4.79 Å². The number of halogens is 1. The SMILES string of the molecule is Cc1ccc(C(=O)NCc2ccc(S(N)(=O)=O)s2)c(Cl)c1. The first-order valence-electron chi connectivity index (χ1n) is 5.93. The number of carbonyl (C=O) groups is 1. The molecule has 1 aromatic carbocycles. The lowest BCUT2D eigenvalue weighted by atomic mass is 10.1. The number of benzene rings is 1. The highest BCUT2D eigenvalue weighted by atomic mass is 35.5. The van der Waals surface area contributed by atoms with Gasteiger partial charge in [0.1, 0.15) is 4.21 Å². The van der Waals surface area contributed by atoms with Gasteiger partial charge in [-0.15, -0.1) is 11.3 Å². The Balaban J connectivity index is 2.06. The topological polar surface area (TPSA) is 89.3 Å². The number of hydrogen-bond donors (Lipinski definition) is 2. The van der Waals surface area contributed by atoms with Gasteiger partial charge in [0.15, 0.2) is 0 Å². The second kappa shape index (κ2) is 6.15. The molecule has 112 valence electrons. The summed E-state index contributed by atoms with van der Waals surface area (Å²) in [5.41, 5.74) is 1.35. The average molecular weight is 345 g/mol. The van der Waals surface area contributed by atoms with Gasteiger partial charge in [0, 0.05) is 4.88 Å². The summed E-state index contributed by atoms with van der Waals surface area (Å²) in [4.78, 5) is 12.7. The zero-order valence-electron chi connectivity index (χ0n) is 11.1. The quantitative estimate of drug-likeness (QED) is 0.891. The monoisotopic (exact) mass is 344 g/mol. The van der Waals surface area contributed by atoms with Crippen molar-refractivity contribution in [3.8, 4) is 0 Å². The lowest BCUT2D eigenvalue weighted by Gasteiger charge is -2.06. The van der Waals surface area contributed by atoms with Gasteiger partial charge in [-0.2, -0.15) is 0 Å². The molecule has 1 amide bonds. The lowest BCUT2D eigenvalue weighted by Crippen LogP contribution is -2.22. The first-order chi connectivity index (χ1) is 9.77. The van der Waals surface area contributed by atoms with Crippen molar-refractivity contribution in [2.24, 2.45) is 5.14 Å². The van der Waals surface area contributed by atoms with E-state index >= 15 is 0 Å². The van der Waals surface area contributed by atoms with Crippen molar-refractivity contribution >= 4 is 38.9 Å². The van der Waals surface area contributed by atoms with Crippen LogP contribution >= 0.6 is 22.9 Å². The molecule has 0 aliphatic carbocycles. The molecule has 1 aromatic heterocycles. The smallest absolute Gasteiger partial charge is 0.253 e. The number of amides is 1.